The molecule has 2 atom stereocenters. The first kappa shape index (κ1) is 12.6. The zero-order chi connectivity index (χ0) is 11.4. The smallest absolute Gasteiger partial charge is 0.153 e. The standard InChI is InChI=1S/C9H18BrN5/c1-4-5-6(2)7(12-11)8-9(10)13-14-15(8)3/h6-7,12H,4-5,11H2,1-3H3. The topological polar surface area (TPSA) is 68.8 Å². The Kier molecular flexibility index (Phi) is 4.69. The van der Waals surface area contributed by atoms with E-state index in [1.807, 2.05) is 7.05 Å². The second-order valence-corrected chi connectivity index (χ2v) is 4.55. The van der Waals surface area contributed by atoms with E-state index in [0.717, 1.165) is 23.1 Å². The van der Waals surface area contributed by atoms with Gasteiger partial charge in [-0.15, -0.1) is 5.10 Å². The van der Waals surface area contributed by atoms with Gasteiger partial charge < -0.3 is 0 Å². The minimum absolute atomic E-state index is 0.0827. The van der Waals surface area contributed by atoms with Gasteiger partial charge in [-0.05, 0) is 28.3 Å². The van der Waals surface area contributed by atoms with Crippen LogP contribution in [-0.2, 0) is 7.05 Å². The Bertz CT molecular complexity index is 292. The van der Waals surface area contributed by atoms with Crippen LogP contribution in [0.15, 0.2) is 4.60 Å². The lowest BCUT2D eigenvalue weighted by Gasteiger charge is -2.22. The molecule has 0 aliphatic carbocycles. The average molecular weight is 276 g/mol. The summed E-state index contributed by atoms with van der Waals surface area (Å²) >= 11 is 3.39. The lowest BCUT2D eigenvalue weighted by atomic mass is 9.95. The number of hydrogen-bond acceptors (Lipinski definition) is 4. The van der Waals surface area contributed by atoms with E-state index in [0.29, 0.717) is 5.92 Å². The van der Waals surface area contributed by atoms with Crippen LogP contribution in [-0.4, -0.2) is 15.0 Å². The van der Waals surface area contributed by atoms with Gasteiger partial charge in [-0.2, -0.15) is 0 Å². The van der Waals surface area contributed by atoms with Gasteiger partial charge >= 0.3 is 0 Å². The molecule has 1 aromatic heterocycles. The van der Waals surface area contributed by atoms with Gasteiger partial charge in [0.1, 0.15) is 0 Å². The third-order valence-corrected chi connectivity index (χ3v) is 3.18. The number of nitrogens with zero attached hydrogens (tertiary/aromatic N) is 3. The Hall–Kier alpha value is -0.460. The van der Waals surface area contributed by atoms with Crippen molar-refractivity contribution in [3.63, 3.8) is 0 Å². The second-order valence-electron chi connectivity index (χ2n) is 3.80. The van der Waals surface area contributed by atoms with Crippen molar-refractivity contribution in [3.05, 3.63) is 10.3 Å². The molecule has 2 unspecified atom stereocenters. The van der Waals surface area contributed by atoms with Crippen LogP contribution in [0.25, 0.3) is 0 Å². The van der Waals surface area contributed by atoms with Gasteiger partial charge in [-0.3, -0.25) is 11.3 Å². The van der Waals surface area contributed by atoms with E-state index in [9.17, 15) is 0 Å². The lowest BCUT2D eigenvalue weighted by molar-refractivity contribution is 0.350. The fraction of sp³-hybridized carbons (Fsp3) is 0.778. The molecule has 0 aliphatic rings. The number of nitrogens with one attached hydrogen (secondary N) is 1. The fourth-order valence-corrected chi connectivity index (χ4v) is 2.38. The van der Waals surface area contributed by atoms with Crippen molar-refractivity contribution >= 4 is 15.9 Å². The van der Waals surface area contributed by atoms with Crippen molar-refractivity contribution in [2.45, 2.75) is 32.7 Å². The first-order chi connectivity index (χ1) is 7.11. The maximum absolute atomic E-state index is 5.59. The largest absolute Gasteiger partial charge is 0.271 e. The van der Waals surface area contributed by atoms with Crippen LogP contribution in [0.5, 0.6) is 0 Å². The van der Waals surface area contributed by atoms with Gasteiger partial charge in [0, 0.05) is 7.05 Å². The highest BCUT2D eigenvalue weighted by atomic mass is 79.9. The molecule has 1 aromatic rings. The molecule has 0 fully saturated rings. The zero-order valence-corrected chi connectivity index (χ0v) is 11.0. The van der Waals surface area contributed by atoms with Crippen LogP contribution in [0.4, 0.5) is 0 Å². The van der Waals surface area contributed by atoms with E-state index >= 15 is 0 Å². The predicted octanol–water partition coefficient (Wildman–Crippen LogP) is 1.52. The Labute approximate surface area is 98.5 Å². The summed E-state index contributed by atoms with van der Waals surface area (Å²) in [6.45, 7) is 4.34. The number of halogens is 1. The Morgan fingerprint density at radius 2 is 2.27 bits per heavy atom. The third kappa shape index (κ3) is 2.76. The van der Waals surface area contributed by atoms with Gasteiger partial charge in [0.05, 0.1) is 11.7 Å². The van der Waals surface area contributed by atoms with E-state index in [4.69, 9.17) is 5.84 Å². The van der Waals surface area contributed by atoms with Crippen LogP contribution in [0, 0.1) is 5.92 Å². The van der Waals surface area contributed by atoms with Crippen LogP contribution in [0.2, 0.25) is 0 Å². The van der Waals surface area contributed by atoms with Crippen molar-refractivity contribution in [3.8, 4) is 0 Å². The molecule has 5 nitrogen and oxygen atoms in total. The van der Waals surface area contributed by atoms with Crippen LogP contribution in [0.3, 0.4) is 0 Å². The maximum atomic E-state index is 5.59. The number of hydrogen-bond donors (Lipinski definition) is 2. The lowest BCUT2D eigenvalue weighted by Crippen LogP contribution is -2.34. The molecule has 1 heterocycles. The number of aryl methyl sites for hydroxylation is 1. The molecular formula is C9H18BrN5. The van der Waals surface area contributed by atoms with Gasteiger partial charge in [-0.1, -0.05) is 25.5 Å². The van der Waals surface area contributed by atoms with Gasteiger partial charge in [0.2, 0.25) is 0 Å². The normalized spacial score (nSPS) is 15.3. The molecule has 0 radical (unpaired) electrons. The summed E-state index contributed by atoms with van der Waals surface area (Å²) in [6, 6.07) is 0.0827. The van der Waals surface area contributed by atoms with E-state index in [1.165, 1.54) is 0 Å². The van der Waals surface area contributed by atoms with Crippen LogP contribution >= 0.6 is 15.9 Å². The predicted molar refractivity (Wildman–Crippen MR) is 62.8 cm³/mol. The SMILES string of the molecule is CCCC(C)C(NN)c1c(Br)nnn1C. The molecule has 15 heavy (non-hydrogen) atoms. The Balaban J connectivity index is 2.91. The number of nitrogens with two attached hydrogens (primary N) is 1. The summed E-state index contributed by atoms with van der Waals surface area (Å²) in [7, 11) is 1.87. The summed E-state index contributed by atoms with van der Waals surface area (Å²) in [6.07, 6.45) is 2.26. The van der Waals surface area contributed by atoms with Gasteiger partial charge in [0.15, 0.2) is 4.60 Å². The molecule has 0 saturated heterocycles. The molecule has 0 saturated carbocycles. The third-order valence-electron chi connectivity index (χ3n) is 2.61. The molecule has 6 heteroatoms. The molecule has 0 aliphatic heterocycles. The Morgan fingerprint density at radius 1 is 1.60 bits per heavy atom. The minimum Gasteiger partial charge on any atom is -0.271 e. The summed E-state index contributed by atoms with van der Waals surface area (Å²) in [5.41, 5.74) is 3.84. The average Bonchev–Trinajstić information content (AvgIpc) is 2.51. The van der Waals surface area contributed by atoms with E-state index < -0.39 is 0 Å². The molecular weight excluding hydrogens is 258 g/mol. The molecule has 0 amide bonds. The maximum Gasteiger partial charge on any atom is 0.153 e. The summed E-state index contributed by atoms with van der Waals surface area (Å²) in [4.78, 5) is 0. The molecule has 3 N–H and O–H groups in total. The van der Waals surface area contributed by atoms with Crippen molar-refractivity contribution in [1.29, 1.82) is 0 Å². The highest BCUT2D eigenvalue weighted by Crippen LogP contribution is 2.28. The van der Waals surface area contributed by atoms with Crippen LogP contribution in [0.1, 0.15) is 38.4 Å². The van der Waals surface area contributed by atoms with Crippen molar-refractivity contribution in [2.75, 3.05) is 0 Å². The fourth-order valence-electron chi connectivity index (χ4n) is 1.80. The second kappa shape index (κ2) is 5.58. The first-order valence-electron chi connectivity index (χ1n) is 5.13. The highest BCUT2D eigenvalue weighted by Gasteiger charge is 2.23. The molecule has 0 aromatic carbocycles. The first-order valence-corrected chi connectivity index (χ1v) is 5.92. The number of aromatic nitrogens is 3. The highest BCUT2D eigenvalue weighted by molar-refractivity contribution is 9.10. The zero-order valence-electron chi connectivity index (χ0n) is 9.37. The van der Waals surface area contributed by atoms with E-state index in [-0.39, 0.29) is 6.04 Å². The summed E-state index contributed by atoms with van der Waals surface area (Å²) in [5, 5.41) is 7.91. The van der Waals surface area contributed by atoms with Gasteiger partial charge in [-0.25, -0.2) is 4.68 Å². The van der Waals surface area contributed by atoms with Crippen molar-refractivity contribution < 1.29 is 0 Å². The number of rotatable bonds is 5. The van der Waals surface area contributed by atoms with Gasteiger partial charge in [0.25, 0.3) is 0 Å². The minimum atomic E-state index is 0.0827. The summed E-state index contributed by atoms with van der Waals surface area (Å²) < 4.78 is 2.51. The van der Waals surface area contributed by atoms with Crippen LogP contribution < -0.4 is 11.3 Å². The van der Waals surface area contributed by atoms with Crippen molar-refractivity contribution in [2.24, 2.45) is 18.8 Å². The summed E-state index contributed by atoms with van der Waals surface area (Å²) in [5.74, 6) is 6.05. The monoisotopic (exact) mass is 275 g/mol. The Morgan fingerprint density at radius 3 is 2.67 bits per heavy atom. The molecule has 0 spiro atoms. The molecule has 0 bridgehead atoms. The molecule has 1 rings (SSSR count). The number of hydrazine groups is 1. The van der Waals surface area contributed by atoms with Crippen molar-refractivity contribution in [1.82, 2.24) is 20.4 Å². The van der Waals surface area contributed by atoms with E-state index in [1.54, 1.807) is 4.68 Å². The van der Waals surface area contributed by atoms with E-state index in [2.05, 4.69) is 45.5 Å². The quantitative estimate of drug-likeness (QED) is 0.632. The molecule has 86 valence electrons.